The van der Waals surface area contributed by atoms with Gasteiger partial charge in [-0.25, -0.2) is 0 Å². The molecule has 0 unspecified atom stereocenters. The Morgan fingerprint density at radius 3 is 2.48 bits per heavy atom. The minimum atomic E-state index is 0. The summed E-state index contributed by atoms with van der Waals surface area (Å²) in [6.07, 6.45) is 1.99. The van der Waals surface area contributed by atoms with E-state index >= 15 is 0 Å². The molecule has 0 spiro atoms. The van der Waals surface area contributed by atoms with Crippen molar-refractivity contribution in [2.75, 3.05) is 19.8 Å². The van der Waals surface area contributed by atoms with Gasteiger partial charge in [0.25, 0.3) is 0 Å². The molecule has 1 aliphatic rings. The van der Waals surface area contributed by atoms with E-state index in [1.54, 1.807) is 0 Å². The number of halogens is 1. The van der Waals surface area contributed by atoms with E-state index in [1.807, 2.05) is 0 Å². The third kappa shape index (κ3) is 5.14. The van der Waals surface area contributed by atoms with Crippen molar-refractivity contribution in [3.8, 4) is 0 Å². The summed E-state index contributed by atoms with van der Waals surface area (Å²) in [6.45, 7) is 6.42. The summed E-state index contributed by atoms with van der Waals surface area (Å²) in [5.74, 6) is 0.529. The number of ether oxygens (including phenoxy) is 1. The summed E-state index contributed by atoms with van der Waals surface area (Å²) in [4.78, 5) is 4.56. The van der Waals surface area contributed by atoms with Crippen LogP contribution in [0.2, 0.25) is 0 Å². The molecule has 0 aliphatic carbocycles. The van der Waals surface area contributed by atoms with Crippen LogP contribution in [0.5, 0.6) is 0 Å². The van der Waals surface area contributed by atoms with E-state index in [-0.39, 0.29) is 29.4 Å². The fourth-order valence-corrected chi connectivity index (χ4v) is 2.67. The second-order valence-corrected chi connectivity index (χ2v) is 5.76. The first kappa shape index (κ1) is 18.2. The number of nitrogens with one attached hydrogen (secondary N) is 1. The average Bonchev–Trinajstić information content (AvgIpc) is 2.46. The minimum absolute atomic E-state index is 0. The van der Waals surface area contributed by atoms with Crippen molar-refractivity contribution in [2.45, 2.75) is 38.1 Å². The number of aliphatic imine (C=N–C) groups is 1. The molecule has 2 rings (SSSR count). The molecule has 0 atom stereocenters. The van der Waals surface area contributed by atoms with Crippen LogP contribution < -0.4 is 11.1 Å². The molecule has 3 N–H and O–H groups in total. The lowest BCUT2D eigenvalue weighted by molar-refractivity contribution is 0.0531. The lowest BCUT2D eigenvalue weighted by Crippen LogP contribution is -2.40. The second-order valence-electron chi connectivity index (χ2n) is 5.76. The van der Waals surface area contributed by atoms with Gasteiger partial charge in [0, 0.05) is 24.7 Å². The van der Waals surface area contributed by atoms with Crippen LogP contribution in [0.15, 0.2) is 35.3 Å². The van der Waals surface area contributed by atoms with Gasteiger partial charge in [-0.1, -0.05) is 30.3 Å². The molecule has 5 heteroatoms. The van der Waals surface area contributed by atoms with Crippen LogP contribution >= 0.6 is 24.0 Å². The van der Waals surface area contributed by atoms with Gasteiger partial charge in [0.1, 0.15) is 0 Å². The quantitative estimate of drug-likeness (QED) is 0.462. The zero-order valence-electron chi connectivity index (χ0n) is 12.8. The first-order valence-electron chi connectivity index (χ1n) is 7.32. The summed E-state index contributed by atoms with van der Waals surface area (Å²) in [7, 11) is 0. The van der Waals surface area contributed by atoms with Crippen LogP contribution in [0.4, 0.5) is 0 Å². The topological polar surface area (TPSA) is 59.6 Å². The number of nitrogens with two attached hydrogens (primary N) is 1. The Morgan fingerprint density at radius 2 is 1.90 bits per heavy atom. The normalized spacial score (nSPS) is 18.1. The van der Waals surface area contributed by atoms with Crippen molar-refractivity contribution in [1.29, 1.82) is 0 Å². The molecule has 21 heavy (non-hydrogen) atoms. The van der Waals surface area contributed by atoms with Gasteiger partial charge in [0.2, 0.25) is 0 Å². The standard InChI is InChI=1S/C16H25N3O.HI/c1-13(2)19-15(17)18-12-16(8-10-20-11-9-16)14-6-4-3-5-7-14;/h3-7,13H,8-12H2,1-2H3,(H3,17,18,19);1H. The molecule has 0 bridgehead atoms. The number of benzene rings is 1. The molecule has 0 aromatic heterocycles. The molecule has 1 aromatic carbocycles. The maximum absolute atomic E-state index is 5.94. The van der Waals surface area contributed by atoms with Crippen LogP contribution in [0, 0.1) is 0 Å². The average molecular weight is 403 g/mol. The Hall–Kier alpha value is -0.820. The third-order valence-corrected chi connectivity index (χ3v) is 3.82. The van der Waals surface area contributed by atoms with Crippen LogP contribution in [0.3, 0.4) is 0 Å². The van der Waals surface area contributed by atoms with E-state index in [0.717, 1.165) is 26.1 Å². The fraction of sp³-hybridized carbons (Fsp3) is 0.562. The zero-order valence-corrected chi connectivity index (χ0v) is 15.2. The van der Waals surface area contributed by atoms with Gasteiger partial charge in [0.05, 0.1) is 6.54 Å². The Bertz CT molecular complexity index is 442. The van der Waals surface area contributed by atoms with Gasteiger partial charge in [-0.2, -0.15) is 0 Å². The SMILES string of the molecule is CC(C)NC(N)=NCC1(c2ccccc2)CCOCC1.I. The molecule has 1 aromatic rings. The maximum Gasteiger partial charge on any atom is 0.188 e. The van der Waals surface area contributed by atoms with E-state index in [4.69, 9.17) is 10.5 Å². The monoisotopic (exact) mass is 403 g/mol. The van der Waals surface area contributed by atoms with Crippen molar-refractivity contribution in [3.05, 3.63) is 35.9 Å². The maximum atomic E-state index is 5.94. The number of guanidine groups is 1. The van der Waals surface area contributed by atoms with Gasteiger partial charge in [0.15, 0.2) is 5.96 Å². The zero-order chi connectivity index (χ0) is 14.4. The fourth-order valence-electron chi connectivity index (χ4n) is 2.67. The van der Waals surface area contributed by atoms with E-state index in [9.17, 15) is 0 Å². The van der Waals surface area contributed by atoms with Crippen molar-refractivity contribution < 1.29 is 4.74 Å². The van der Waals surface area contributed by atoms with Gasteiger partial charge >= 0.3 is 0 Å². The van der Waals surface area contributed by atoms with E-state index in [0.29, 0.717) is 18.5 Å². The molecule has 118 valence electrons. The largest absolute Gasteiger partial charge is 0.381 e. The third-order valence-electron chi connectivity index (χ3n) is 3.82. The summed E-state index contributed by atoms with van der Waals surface area (Å²) in [5, 5.41) is 3.15. The Kier molecular flexibility index (Phi) is 7.45. The first-order valence-corrected chi connectivity index (χ1v) is 7.32. The highest BCUT2D eigenvalue weighted by atomic mass is 127. The molecule has 1 fully saturated rings. The molecule has 0 amide bonds. The van der Waals surface area contributed by atoms with Crippen LogP contribution in [0.1, 0.15) is 32.3 Å². The summed E-state index contributed by atoms with van der Waals surface area (Å²) in [6, 6.07) is 10.9. The summed E-state index contributed by atoms with van der Waals surface area (Å²) < 4.78 is 5.52. The van der Waals surface area contributed by atoms with E-state index < -0.39 is 0 Å². The van der Waals surface area contributed by atoms with Crippen molar-refractivity contribution in [1.82, 2.24) is 5.32 Å². The number of hydrogen-bond acceptors (Lipinski definition) is 2. The Balaban J connectivity index is 0.00000220. The molecule has 1 aliphatic heterocycles. The predicted molar refractivity (Wildman–Crippen MR) is 98.3 cm³/mol. The van der Waals surface area contributed by atoms with Crippen LogP contribution in [-0.2, 0) is 10.2 Å². The summed E-state index contributed by atoms with van der Waals surface area (Å²) >= 11 is 0. The van der Waals surface area contributed by atoms with Gasteiger partial charge in [-0.05, 0) is 32.3 Å². The Labute approximate surface area is 144 Å². The molecular formula is C16H26IN3O. The number of nitrogens with zero attached hydrogens (tertiary/aromatic N) is 1. The van der Waals surface area contributed by atoms with E-state index in [2.05, 4.69) is 54.5 Å². The molecule has 1 heterocycles. The van der Waals surface area contributed by atoms with E-state index in [1.165, 1.54) is 5.56 Å². The molecule has 4 nitrogen and oxygen atoms in total. The first-order chi connectivity index (χ1) is 9.62. The summed E-state index contributed by atoms with van der Waals surface area (Å²) in [5.41, 5.74) is 7.33. The second kappa shape index (κ2) is 8.58. The van der Waals surface area contributed by atoms with Crippen molar-refractivity contribution in [3.63, 3.8) is 0 Å². The smallest absolute Gasteiger partial charge is 0.188 e. The number of rotatable bonds is 4. The van der Waals surface area contributed by atoms with Crippen LogP contribution in [-0.4, -0.2) is 31.8 Å². The highest BCUT2D eigenvalue weighted by Gasteiger charge is 2.34. The highest BCUT2D eigenvalue weighted by Crippen LogP contribution is 2.35. The van der Waals surface area contributed by atoms with Crippen molar-refractivity contribution >= 4 is 29.9 Å². The Morgan fingerprint density at radius 1 is 1.29 bits per heavy atom. The molecule has 0 radical (unpaired) electrons. The predicted octanol–water partition coefficient (Wildman–Crippen LogP) is 2.67. The lowest BCUT2D eigenvalue weighted by Gasteiger charge is -2.36. The molecule has 0 saturated carbocycles. The lowest BCUT2D eigenvalue weighted by atomic mass is 9.74. The molecular weight excluding hydrogens is 377 g/mol. The van der Waals surface area contributed by atoms with Gasteiger partial charge < -0.3 is 15.8 Å². The van der Waals surface area contributed by atoms with Crippen LogP contribution in [0.25, 0.3) is 0 Å². The van der Waals surface area contributed by atoms with Gasteiger partial charge in [-0.15, -0.1) is 24.0 Å². The highest BCUT2D eigenvalue weighted by molar-refractivity contribution is 14.0. The van der Waals surface area contributed by atoms with Crippen molar-refractivity contribution in [2.24, 2.45) is 10.7 Å². The molecule has 1 saturated heterocycles. The minimum Gasteiger partial charge on any atom is -0.381 e. The van der Waals surface area contributed by atoms with Gasteiger partial charge in [-0.3, -0.25) is 4.99 Å². The number of hydrogen-bond donors (Lipinski definition) is 2.